The minimum absolute atomic E-state index is 0.0610. The Morgan fingerprint density at radius 2 is 1.32 bits per heavy atom. The Hall–Kier alpha value is -5.28. The first-order chi connectivity index (χ1) is 21.4. The molecule has 0 bridgehead atoms. The van der Waals surface area contributed by atoms with E-state index in [0.717, 1.165) is 54.6 Å². The van der Waals surface area contributed by atoms with Crippen molar-refractivity contribution in [3.05, 3.63) is 114 Å². The Balaban J connectivity index is 1.54. The van der Waals surface area contributed by atoms with Crippen molar-refractivity contribution in [1.82, 2.24) is 4.40 Å². The van der Waals surface area contributed by atoms with Crippen LogP contribution in [0.3, 0.4) is 0 Å². The molecule has 0 radical (unpaired) electrons. The monoisotopic (exact) mass is 569 g/mol. The first-order valence-electron chi connectivity index (χ1n) is 15.3. The van der Waals surface area contributed by atoms with Crippen molar-refractivity contribution in [2.24, 2.45) is 0 Å². The quantitative estimate of drug-likeness (QED) is 0.207. The molecule has 0 saturated carbocycles. The molecule has 0 N–H and O–H groups in total. The maximum atomic E-state index is 6.68. The summed E-state index contributed by atoms with van der Waals surface area (Å²) in [5, 5.41) is 9.20. The fourth-order valence-electron chi connectivity index (χ4n) is 7.32. The van der Waals surface area contributed by atoms with Gasteiger partial charge in [0.05, 0.1) is 16.6 Å². The lowest BCUT2D eigenvalue weighted by atomic mass is 9.85. The average Bonchev–Trinajstić information content (AvgIpc) is 3.76. The predicted octanol–water partition coefficient (Wildman–Crippen LogP) is 10.2. The van der Waals surface area contributed by atoms with E-state index in [9.17, 15) is 0 Å². The smallest absolute Gasteiger partial charge is 0.160 e. The summed E-state index contributed by atoms with van der Waals surface area (Å²) in [4.78, 5) is 0. The van der Waals surface area contributed by atoms with Gasteiger partial charge in [0.2, 0.25) is 0 Å². The van der Waals surface area contributed by atoms with Gasteiger partial charge in [0, 0.05) is 42.9 Å². The molecule has 0 aliphatic heterocycles. The number of hydrogen-bond donors (Lipinski definition) is 0. The second-order valence-corrected chi connectivity index (χ2v) is 12.9. The lowest BCUT2D eigenvalue weighted by Gasteiger charge is -2.20. The number of fused-ring (bicyclic) bond motifs is 12. The van der Waals surface area contributed by atoms with Crippen LogP contribution in [0.5, 0.6) is 0 Å². The highest BCUT2D eigenvalue weighted by atomic mass is 16.3. The summed E-state index contributed by atoms with van der Waals surface area (Å²) < 4.78 is 15.8. The van der Waals surface area contributed by atoms with Crippen LogP contribution < -0.4 is 10.6 Å². The van der Waals surface area contributed by atoms with E-state index < -0.39 is 0 Å². The van der Waals surface area contributed by atoms with Gasteiger partial charge < -0.3 is 13.2 Å². The van der Waals surface area contributed by atoms with Gasteiger partial charge in [-0.15, -0.1) is 0 Å². The van der Waals surface area contributed by atoms with Gasteiger partial charge in [0.15, 0.2) is 11.2 Å². The predicted molar refractivity (Wildman–Crippen MR) is 186 cm³/mol. The number of allylic oxidation sites excluding steroid dienone is 1. The van der Waals surface area contributed by atoms with Crippen LogP contribution in [0.25, 0.3) is 94.3 Å². The van der Waals surface area contributed by atoms with Gasteiger partial charge in [-0.3, -0.25) is 0 Å². The standard InChI is InChI=1S/C41H31NO2/c1-6-11-34-26(7-2)30-18-16-28-32-21-24(23-12-10-13-25(20-23)41(3,4)5)22-33-29-17-19-31-27-14-8-9-15-35(27)44-40(31)38(29)42(36(32)33)37(28)39(30)43-34/h6-22H,1H2,2-5H3/b26-7-,34-11+. The second kappa shape index (κ2) is 8.64. The molecule has 9 rings (SSSR count). The number of furan rings is 2. The first kappa shape index (κ1) is 25.2. The minimum atomic E-state index is 0.0610. The van der Waals surface area contributed by atoms with Crippen LogP contribution in [0.2, 0.25) is 0 Å². The number of aromatic nitrogens is 1. The highest BCUT2D eigenvalue weighted by Gasteiger charge is 2.25. The SMILES string of the molecule is C=C/C=c1/oc2c(ccc3c4cc(-c5cccc(C(C)(C)C)c5)cc5c6ccc7c8ccccc8oc7c6n(c45)c32)/c1=C/C. The number of para-hydroxylation sites is 1. The largest absolute Gasteiger partial charge is 0.454 e. The third kappa shape index (κ3) is 3.21. The Labute approximate surface area is 253 Å². The molecule has 0 aliphatic rings. The minimum Gasteiger partial charge on any atom is -0.454 e. The van der Waals surface area contributed by atoms with Crippen LogP contribution in [0, 0.1) is 0 Å². The van der Waals surface area contributed by atoms with Gasteiger partial charge in [-0.25, -0.2) is 0 Å². The normalized spacial score (nSPS) is 13.8. The van der Waals surface area contributed by atoms with Gasteiger partial charge >= 0.3 is 0 Å². The van der Waals surface area contributed by atoms with E-state index in [1.807, 2.05) is 12.1 Å². The van der Waals surface area contributed by atoms with E-state index in [2.05, 4.69) is 124 Å². The first-order valence-corrected chi connectivity index (χ1v) is 15.3. The fourth-order valence-corrected chi connectivity index (χ4v) is 7.32. The summed E-state index contributed by atoms with van der Waals surface area (Å²) in [6.07, 6.45) is 5.86. The van der Waals surface area contributed by atoms with E-state index in [0.29, 0.717) is 0 Å². The molecule has 0 spiro atoms. The lowest BCUT2D eigenvalue weighted by molar-refractivity contribution is 0.578. The van der Waals surface area contributed by atoms with Gasteiger partial charge in [-0.2, -0.15) is 0 Å². The maximum Gasteiger partial charge on any atom is 0.160 e. The maximum absolute atomic E-state index is 6.68. The van der Waals surface area contributed by atoms with Crippen LogP contribution in [-0.2, 0) is 5.41 Å². The summed E-state index contributed by atoms with van der Waals surface area (Å²) in [6, 6.07) is 31.0. The molecule has 0 fully saturated rings. The number of nitrogens with zero attached hydrogens (tertiary/aromatic N) is 1. The summed E-state index contributed by atoms with van der Waals surface area (Å²) >= 11 is 0. The molecule has 0 aliphatic carbocycles. The van der Waals surface area contributed by atoms with Crippen molar-refractivity contribution in [3.8, 4) is 11.1 Å². The van der Waals surface area contributed by atoms with E-state index in [4.69, 9.17) is 8.83 Å². The molecule has 5 aromatic carbocycles. The van der Waals surface area contributed by atoms with E-state index >= 15 is 0 Å². The Morgan fingerprint density at radius 1 is 0.636 bits per heavy atom. The summed E-state index contributed by atoms with van der Waals surface area (Å²) in [5.41, 5.74) is 10.7. The summed E-state index contributed by atoms with van der Waals surface area (Å²) in [5.74, 6) is 0. The fraction of sp³-hybridized carbons (Fsp3) is 0.122. The van der Waals surface area contributed by atoms with Gasteiger partial charge in [-0.05, 0) is 65.4 Å². The third-order valence-electron chi connectivity index (χ3n) is 9.40. The highest BCUT2D eigenvalue weighted by molar-refractivity contribution is 6.31. The Morgan fingerprint density at radius 3 is 2.02 bits per heavy atom. The van der Waals surface area contributed by atoms with Gasteiger partial charge in [0.25, 0.3) is 0 Å². The lowest BCUT2D eigenvalue weighted by Crippen LogP contribution is -2.18. The molecule has 0 amide bonds. The van der Waals surface area contributed by atoms with Crippen LogP contribution in [0.4, 0.5) is 0 Å². The summed E-state index contributed by atoms with van der Waals surface area (Å²) in [7, 11) is 0. The van der Waals surface area contributed by atoms with Gasteiger partial charge in [-0.1, -0.05) is 94.1 Å². The Kier molecular flexibility index (Phi) is 4.96. The van der Waals surface area contributed by atoms with Crippen LogP contribution in [-0.4, -0.2) is 4.40 Å². The molecule has 9 aromatic rings. The van der Waals surface area contributed by atoms with Gasteiger partial charge in [0.1, 0.15) is 11.0 Å². The zero-order valence-electron chi connectivity index (χ0n) is 25.3. The molecule has 4 heterocycles. The topological polar surface area (TPSA) is 30.7 Å². The molecule has 0 atom stereocenters. The molecule has 212 valence electrons. The molecule has 0 unspecified atom stereocenters. The van der Waals surface area contributed by atoms with Crippen molar-refractivity contribution in [3.63, 3.8) is 0 Å². The Bertz CT molecular complexity index is 2770. The second-order valence-electron chi connectivity index (χ2n) is 12.9. The van der Waals surface area contributed by atoms with Crippen molar-refractivity contribution >= 4 is 83.2 Å². The molecule has 3 heteroatoms. The van der Waals surface area contributed by atoms with E-state index in [1.165, 1.54) is 43.8 Å². The molecular weight excluding hydrogens is 538 g/mol. The number of benzene rings is 5. The van der Waals surface area contributed by atoms with Crippen molar-refractivity contribution in [1.29, 1.82) is 0 Å². The van der Waals surface area contributed by atoms with E-state index in [1.54, 1.807) is 6.08 Å². The number of rotatable bonds is 2. The van der Waals surface area contributed by atoms with Crippen molar-refractivity contribution < 1.29 is 8.83 Å². The molecule has 0 saturated heterocycles. The van der Waals surface area contributed by atoms with Crippen LogP contribution in [0.1, 0.15) is 33.3 Å². The van der Waals surface area contributed by atoms with Crippen LogP contribution >= 0.6 is 0 Å². The summed E-state index contributed by atoms with van der Waals surface area (Å²) in [6.45, 7) is 12.8. The van der Waals surface area contributed by atoms with Crippen LogP contribution in [0.15, 0.2) is 106 Å². The number of hydrogen-bond acceptors (Lipinski definition) is 2. The zero-order chi connectivity index (χ0) is 29.9. The molecule has 3 nitrogen and oxygen atoms in total. The third-order valence-corrected chi connectivity index (χ3v) is 9.40. The average molecular weight is 570 g/mol. The molecular formula is C41H31NO2. The highest BCUT2D eigenvalue weighted by Crippen LogP contribution is 2.46. The zero-order valence-corrected chi connectivity index (χ0v) is 25.3. The molecule has 4 aromatic heterocycles. The van der Waals surface area contributed by atoms with E-state index in [-0.39, 0.29) is 5.41 Å². The van der Waals surface area contributed by atoms with Crippen molar-refractivity contribution in [2.45, 2.75) is 33.1 Å². The van der Waals surface area contributed by atoms with Crippen molar-refractivity contribution in [2.75, 3.05) is 0 Å². The molecule has 44 heavy (non-hydrogen) atoms.